The Bertz CT molecular complexity index is 704. The molecule has 1 saturated carbocycles. The van der Waals surface area contributed by atoms with Gasteiger partial charge < -0.3 is 23.8 Å². The largest absolute Gasteiger partial charge is 0.464 e. The summed E-state index contributed by atoms with van der Waals surface area (Å²) in [5.41, 5.74) is 0.918. The van der Waals surface area contributed by atoms with Crippen LogP contribution in [0.15, 0.2) is 30.3 Å². The van der Waals surface area contributed by atoms with Crippen molar-refractivity contribution in [2.75, 3.05) is 26.3 Å². The quantitative estimate of drug-likeness (QED) is 0.372. The number of ether oxygens (including phenoxy) is 4. The molecule has 1 amide bonds. The van der Waals surface area contributed by atoms with Crippen molar-refractivity contribution in [2.45, 2.75) is 45.5 Å². The third-order valence-electron chi connectivity index (χ3n) is 5.17. The van der Waals surface area contributed by atoms with Gasteiger partial charge in [0.05, 0.1) is 19.3 Å². The first-order valence-electron chi connectivity index (χ1n) is 9.90. The maximum atomic E-state index is 12.2. The molecule has 0 bridgehead atoms. The number of likely N-dealkylation sites (tertiary alicyclic amines) is 1. The van der Waals surface area contributed by atoms with E-state index < -0.39 is 18.0 Å². The molecule has 158 valence electrons. The molecule has 2 fully saturated rings. The molecule has 0 N–H and O–H groups in total. The Hall–Kier alpha value is -2.61. The molecule has 1 heterocycles. The number of nitrogens with zero attached hydrogens (tertiary/aromatic N) is 1. The lowest BCUT2D eigenvalue weighted by atomic mass is 9.62. The fraction of sp³-hybridized carbons (Fsp3) is 0.571. The number of amides is 1. The fourth-order valence-corrected chi connectivity index (χ4v) is 3.80. The first-order chi connectivity index (χ1) is 14.0. The van der Waals surface area contributed by atoms with Crippen molar-refractivity contribution in [3.63, 3.8) is 0 Å². The third kappa shape index (κ3) is 5.06. The average Bonchev–Trinajstić information content (AvgIpc) is 2.65. The zero-order valence-corrected chi connectivity index (χ0v) is 16.8. The predicted molar refractivity (Wildman–Crippen MR) is 102 cm³/mol. The average molecular weight is 405 g/mol. The number of hydrogen-bond acceptors (Lipinski definition) is 7. The van der Waals surface area contributed by atoms with Crippen molar-refractivity contribution in [1.29, 1.82) is 0 Å². The van der Waals surface area contributed by atoms with Gasteiger partial charge in [-0.2, -0.15) is 0 Å². The summed E-state index contributed by atoms with van der Waals surface area (Å²) >= 11 is 0. The second kappa shape index (κ2) is 9.26. The van der Waals surface area contributed by atoms with Gasteiger partial charge in [-0.05, 0) is 32.3 Å². The Morgan fingerprint density at radius 2 is 1.59 bits per heavy atom. The van der Waals surface area contributed by atoms with Crippen LogP contribution in [0.25, 0.3) is 0 Å². The standard InChI is InChI=1S/C21H27NO7/c1-3-26-18(23)17(19(24)27-4-2)29-16-10-21(11-16)13-22(14-21)20(25)28-12-15-8-6-5-7-9-15/h5-9,16-17H,3-4,10-14H2,1-2H3. The molecule has 1 aromatic carbocycles. The zero-order valence-electron chi connectivity index (χ0n) is 16.8. The number of carbonyl (C=O) groups is 3. The van der Waals surface area contributed by atoms with E-state index in [2.05, 4.69) is 0 Å². The summed E-state index contributed by atoms with van der Waals surface area (Å²) in [7, 11) is 0. The van der Waals surface area contributed by atoms with Gasteiger partial charge in [0.1, 0.15) is 6.61 Å². The maximum absolute atomic E-state index is 12.2. The van der Waals surface area contributed by atoms with Crippen LogP contribution in [0.4, 0.5) is 4.79 Å². The van der Waals surface area contributed by atoms with Crippen LogP contribution in [-0.4, -0.2) is 61.4 Å². The van der Waals surface area contributed by atoms with E-state index in [0.717, 1.165) is 5.56 Å². The summed E-state index contributed by atoms with van der Waals surface area (Å²) < 4.78 is 20.8. The lowest BCUT2D eigenvalue weighted by Crippen LogP contribution is -2.66. The molecule has 1 aromatic rings. The number of carbonyl (C=O) groups excluding carboxylic acids is 3. The van der Waals surface area contributed by atoms with E-state index in [-0.39, 0.29) is 37.4 Å². The minimum absolute atomic E-state index is 0.0235. The lowest BCUT2D eigenvalue weighted by Gasteiger charge is -2.58. The van der Waals surface area contributed by atoms with Crippen LogP contribution in [0.1, 0.15) is 32.3 Å². The minimum Gasteiger partial charge on any atom is -0.464 e. The van der Waals surface area contributed by atoms with Gasteiger partial charge in [0.25, 0.3) is 6.10 Å². The van der Waals surface area contributed by atoms with E-state index >= 15 is 0 Å². The van der Waals surface area contributed by atoms with Crippen molar-refractivity contribution in [1.82, 2.24) is 4.90 Å². The van der Waals surface area contributed by atoms with E-state index in [0.29, 0.717) is 25.9 Å². The molecule has 8 heteroatoms. The van der Waals surface area contributed by atoms with Crippen molar-refractivity contribution < 1.29 is 33.3 Å². The highest BCUT2D eigenvalue weighted by Crippen LogP contribution is 2.50. The van der Waals surface area contributed by atoms with Crippen molar-refractivity contribution in [2.24, 2.45) is 5.41 Å². The normalized spacial score (nSPS) is 17.4. The van der Waals surface area contributed by atoms with Gasteiger partial charge in [0.15, 0.2) is 0 Å². The van der Waals surface area contributed by atoms with Crippen molar-refractivity contribution in [3.8, 4) is 0 Å². The first kappa shape index (κ1) is 21.1. The Morgan fingerprint density at radius 3 is 2.14 bits per heavy atom. The van der Waals surface area contributed by atoms with Gasteiger partial charge in [0.2, 0.25) is 0 Å². The van der Waals surface area contributed by atoms with E-state index in [4.69, 9.17) is 18.9 Å². The summed E-state index contributed by atoms with van der Waals surface area (Å²) in [4.78, 5) is 37.8. The van der Waals surface area contributed by atoms with Crippen LogP contribution < -0.4 is 0 Å². The van der Waals surface area contributed by atoms with E-state index in [9.17, 15) is 14.4 Å². The monoisotopic (exact) mass is 405 g/mol. The third-order valence-corrected chi connectivity index (χ3v) is 5.17. The number of hydrogen-bond donors (Lipinski definition) is 0. The zero-order chi connectivity index (χ0) is 20.9. The van der Waals surface area contributed by atoms with Crippen LogP contribution in [0, 0.1) is 5.41 Å². The van der Waals surface area contributed by atoms with E-state index in [1.807, 2.05) is 30.3 Å². The maximum Gasteiger partial charge on any atom is 0.410 e. The number of rotatable bonds is 8. The lowest BCUT2D eigenvalue weighted by molar-refractivity contribution is -0.197. The summed E-state index contributed by atoms with van der Waals surface area (Å²) in [5.74, 6) is -1.46. The van der Waals surface area contributed by atoms with Gasteiger partial charge in [-0.15, -0.1) is 0 Å². The highest BCUT2D eigenvalue weighted by molar-refractivity contribution is 5.98. The fourth-order valence-electron chi connectivity index (χ4n) is 3.80. The Kier molecular flexibility index (Phi) is 6.74. The highest BCUT2D eigenvalue weighted by Gasteiger charge is 2.55. The molecule has 1 spiro atoms. The number of esters is 2. The van der Waals surface area contributed by atoms with Gasteiger partial charge in [-0.1, -0.05) is 30.3 Å². The van der Waals surface area contributed by atoms with Crippen LogP contribution in [0.5, 0.6) is 0 Å². The number of benzene rings is 1. The first-order valence-corrected chi connectivity index (χ1v) is 9.90. The van der Waals surface area contributed by atoms with Gasteiger partial charge >= 0.3 is 18.0 Å². The molecule has 29 heavy (non-hydrogen) atoms. The molecule has 0 radical (unpaired) electrons. The smallest absolute Gasteiger partial charge is 0.410 e. The predicted octanol–water partition coefficient (Wildman–Crippen LogP) is 2.30. The Balaban J connectivity index is 1.42. The summed E-state index contributed by atoms with van der Waals surface area (Å²) in [6.45, 7) is 5.07. The van der Waals surface area contributed by atoms with Crippen LogP contribution in [0.3, 0.4) is 0 Å². The SMILES string of the molecule is CCOC(=O)C(OC1CC2(C1)CN(C(=O)OCc1ccccc1)C2)C(=O)OCC. The summed E-state index contributed by atoms with van der Waals surface area (Å²) in [5, 5.41) is 0. The molecule has 1 aliphatic heterocycles. The second-order valence-corrected chi connectivity index (χ2v) is 7.45. The molecule has 0 unspecified atom stereocenters. The molecule has 1 aliphatic carbocycles. The van der Waals surface area contributed by atoms with Crippen molar-refractivity contribution in [3.05, 3.63) is 35.9 Å². The van der Waals surface area contributed by atoms with Gasteiger partial charge in [-0.3, -0.25) is 0 Å². The van der Waals surface area contributed by atoms with Gasteiger partial charge in [-0.25, -0.2) is 14.4 Å². The highest BCUT2D eigenvalue weighted by atomic mass is 16.6. The van der Waals surface area contributed by atoms with E-state index in [1.54, 1.807) is 18.7 Å². The molecule has 2 aliphatic rings. The topological polar surface area (TPSA) is 91.4 Å². The molecule has 0 atom stereocenters. The minimum atomic E-state index is -1.36. The van der Waals surface area contributed by atoms with E-state index in [1.165, 1.54) is 0 Å². The Labute approximate surface area is 170 Å². The summed E-state index contributed by atoms with van der Waals surface area (Å²) in [6, 6.07) is 9.52. The second-order valence-electron chi connectivity index (χ2n) is 7.45. The molecule has 8 nitrogen and oxygen atoms in total. The molecular weight excluding hydrogens is 378 g/mol. The van der Waals surface area contributed by atoms with Gasteiger partial charge in [0, 0.05) is 18.5 Å². The van der Waals surface area contributed by atoms with Crippen LogP contribution in [-0.2, 0) is 35.1 Å². The molecule has 3 rings (SSSR count). The van der Waals surface area contributed by atoms with Crippen LogP contribution >= 0.6 is 0 Å². The molecule has 1 saturated heterocycles. The summed E-state index contributed by atoms with van der Waals surface area (Å²) in [6.07, 6.45) is -0.587. The van der Waals surface area contributed by atoms with Crippen LogP contribution in [0.2, 0.25) is 0 Å². The molecular formula is C21H27NO7. The Morgan fingerprint density at radius 1 is 1.00 bits per heavy atom. The van der Waals surface area contributed by atoms with Crippen molar-refractivity contribution >= 4 is 18.0 Å². The molecule has 0 aromatic heterocycles.